The molecule has 1 unspecified atom stereocenters. The van der Waals surface area contributed by atoms with Crippen molar-refractivity contribution in [1.29, 1.82) is 0 Å². The first kappa shape index (κ1) is 30.1. The van der Waals surface area contributed by atoms with Crippen LogP contribution < -0.4 is 9.47 Å². The van der Waals surface area contributed by atoms with E-state index >= 15 is 0 Å². The molecule has 0 aliphatic carbocycles. The summed E-state index contributed by atoms with van der Waals surface area (Å²) in [6.07, 6.45) is 1.37. The molecule has 2 fully saturated rings. The molecule has 0 amide bonds. The van der Waals surface area contributed by atoms with Gasteiger partial charge < -0.3 is 23.3 Å². The van der Waals surface area contributed by atoms with Crippen LogP contribution in [0, 0.1) is 0 Å². The van der Waals surface area contributed by atoms with Gasteiger partial charge in [-0.2, -0.15) is 18.2 Å². The smallest absolute Gasteiger partial charge is 0.444 e. The molecule has 3 aliphatic rings. The Morgan fingerprint density at radius 2 is 1.85 bits per heavy atom. The number of alkyl halides is 3. The summed E-state index contributed by atoms with van der Waals surface area (Å²) in [4.78, 5) is 19.3. The van der Waals surface area contributed by atoms with E-state index in [9.17, 15) is 13.2 Å². The van der Waals surface area contributed by atoms with Crippen LogP contribution in [0.1, 0.15) is 54.9 Å². The second-order valence-electron chi connectivity index (χ2n) is 12.1. The minimum absolute atomic E-state index is 0.0693. The highest BCUT2D eigenvalue weighted by atomic mass is 35.5. The first-order chi connectivity index (χ1) is 22.6. The van der Waals surface area contributed by atoms with Crippen molar-refractivity contribution in [2.45, 2.75) is 63.3 Å². The number of hydrogen-bond acceptors (Lipinski definition) is 10. The second-order valence-corrected chi connectivity index (χ2v) is 12.5. The van der Waals surface area contributed by atoms with E-state index in [2.05, 4.69) is 40.2 Å². The van der Waals surface area contributed by atoms with Crippen molar-refractivity contribution in [3.05, 3.63) is 76.8 Å². The largest absolute Gasteiger partial charge is 0.471 e. The molecule has 8 rings (SSSR count). The lowest BCUT2D eigenvalue weighted by Gasteiger charge is -2.33. The molecule has 0 bridgehead atoms. The molecule has 15 heteroatoms. The molecule has 2 atom stereocenters. The lowest BCUT2D eigenvalue weighted by molar-refractivity contribution is -0.159. The minimum Gasteiger partial charge on any atom is -0.444 e. The normalized spacial score (nSPS) is 21.8. The maximum Gasteiger partial charge on any atom is 0.471 e. The Labute approximate surface area is 271 Å². The zero-order valence-corrected chi connectivity index (χ0v) is 26.0. The molecule has 7 heterocycles. The number of halogens is 4. The van der Waals surface area contributed by atoms with Crippen LogP contribution in [0.2, 0.25) is 5.15 Å². The van der Waals surface area contributed by atoms with E-state index in [4.69, 9.17) is 30.8 Å². The van der Waals surface area contributed by atoms with E-state index in [0.717, 1.165) is 67.2 Å². The van der Waals surface area contributed by atoms with Crippen molar-refractivity contribution in [2.24, 2.45) is 0 Å². The molecule has 1 aromatic carbocycles. The van der Waals surface area contributed by atoms with Crippen molar-refractivity contribution in [3.8, 4) is 23.0 Å². The van der Waals surface area contributed by atoms with Crippen LogP contribution in [0.3, 0.4) is 0 Å². The summed E-state index contributed by atoms with van der Waals surface area (Å²) >= 11 is 6.00. The van der Waals surface area contributed by atoms with Gasteiger partial charge in [-0.3, -0.25) is 9.88 Å². The van der Waals surface area contributed by atoms with E-state index in [1.54, 1.807) is 24.5 Å². The van der Waals surface area contributed by atoms with Gasteiger partial charge in [-0.05, 0) is 62.5 Å². The zero-order valence-electron chi connectivity index (χ0n) is 25.2. The van der Waals surface area contributed by atoms with Crippen molar-refractivity contribution in [1.82, 2.24) is 34.6 Å². The standard InChI is InChI=1S/C32H29ClF3N7O4/c1-31(19-5-6-26(33)38-14-19)45-25-4-2-3-21(28(25)46-31)18-7-10-42(11-8-18)17-27-39-22-13-23(29-40-30(47-41-29)32(34,35)36)37-15-24(22)43(27)16-20-9-12-44-20/h2-6,13-15,18,20H,7-12,16-17H2,1H3/t20-,31?/m0/s1. The lowest BCUT2D eigenvalue weighted by atomic mass is 9.88. The quantitative estimate of drug-likeness (QED) is 0.182. The summed E-state index contributed by atoms with van der Waals surface area (Å²) < 4.78 is 64.1. The monoisotopic (exact) mass is 667 g/mol. The first-order valence-corrected chi connectivity index (χ1v) is 15.7. The highest BCUT2D eigenvalue weighted by molar-refractivity contribution is 6.29. The topological polar surface area (TPSA) is 113 Å². The van der Waals surface area contributed by atoms with E-state index < -0.39 is 17.9 Å². The Morgan fingerprint density at radius 3 is 2.55 bits per heavy atom. The number of likely N-dealkylation sites (tertiary alicyclic amines) is 1. The van der Waals surface area contributed by atoms with Crippen molar-refractivity contribution in [2.75, 3.05) is 19.7 Å². The molecule has 0 N–H and O–H groups in total. The predicted octanol–water partition coefficient (Wildman–Crippen LogP) is 6.36. The van der Waals surface area contributed by atoms with E-state index in [-0.39, 0.29) is 23.5 Å². The summed E-state index contributed by atoms with van der Waals surface area (Å²) in [5.41, 5.74) is 3.41. The highest BCUT2D eigenvalue weighted by Gasteiger charge is 2.42. The zero-order chi connectivity index (χ0) is 32.3. The average molecular weight is 668 g/mol. The van der Waals surface area contributed by atoms with Gasteiger partial charge in [-0.1, -0.05) is 28.9 Å². The van der Waals surface area contributed by atoms with Crippen LogP contribution in [0.5, 0.6) is 11.5 Å². The van der Waals surface area contributed by atoms with Gasteiger partial charge in [-0.25, -0.2) is 9.97 Å². The van der Waals surface area contributed by atoms with Gasteiger partial charge in [0.05, 0.1) is 42.0 Å². The molecule has 11 nitrogen and oxygen atoms in total. The maximum atomic E-state index is 13.0. The summed E-state index contributed by atoms with van der Waals surface area (Å²) in [6.45, 7) is 5.48. The van der Waals surface area contributed by atoms with Crippen LogP contribution in [0.15, 0.2) is 53.3 Å². The molecule has 5 aromatic rings. The summed E-state index contributed by atoms with van der Waals surface area (Å²) in [7, 11) is 0. The van der Waals surface area contributed by atoms with Gasteiger partial charge >= 0.3 is 12.1 Å². The van der Waals surface area contributed by atoms with Gasteiger partial charge in [0.25, 0.3) is 5.79 Å². The number of benzene rings is 1. The summed E-state index contributed by atoms with van der Waals surface area (Å²) in [6, 6.07) is 11.2. The molecule has 0 saturated carbocycles. The van der Waals surface area contributed by atoms with Gasteiger partial charge in [0, 0.05) is 25.3 Å². The first-order valence-electron chi connectivity index (χ1n) is 15.4. The Morgan fingerprint density at radius 1 is 1.02 bits per heavy atom. The molecule has 2 saturated heterocycles. The Hall–Kier alpha value is -4.27. The van der Waals surface area contributed by atoms with Crippen molar-refractivity contribution in [3.63, 3.8) is 0 Å². The number of ether oxygens (including phenoxy) is 3. The number of fused-ring (bicyclic) bond motifs is 2. The number of rotatable bonds is 7. The third-order valence-electron chi connectivity index (χ3n) is 9.05. The van der Waals surface area contributed by atoms with E-state index in [1.165, 1.54) is 0 Å². The van der Waals surface area contributed by atoms with Crippen LogP contribution in [0.25, 0.3) is 22.6 Å². The van der Waals surface area contributed by atoms with Crippen LogP contribution in [0.4, 0.5) is 13.2 Å². The number of aromatic nitrogens is 6. The molecular weight excluding hydrogens is 639 g/mol. The van der Waals surface area contributed by atoms with Gasteiger partial charge in [-0.15, -0.1) is 0 Å². The number of imidazole rings is 1. The molecular formula is C32H29ClF3N7O4. The number of piperidine rings is 1. The lowest BCUT2D eigenvalue weighted by Crippen LogP contribution is -2.35. The fraction of sp³-hybridized carbons (Fsp3) is 0.406. The second kappa shape index (κ2) is 11.5. The Balaban J connectivity index is 0.996. The Kier molecular flexibility index (Phi) is 7.33. The summed E-state index contributed by atoms with van der Waals surface area (Å²) in [5, 5.41) is 3.88. The van der Waals surface area contributed by atoms with Gasteiger partial charge in [0.1, 0.15) is 16.7 Å². The van der Waals surface area contributed by atoms with Crippen molar-refractivity contribution < 1.29 is 31.9 Å². The summed E-state index contributed by atoms with van der Waals surface area (Å²) in [5.74, 6) is -0.0810. The fourth-order valence-electron chi connectivity index (χ4n) is 6.43. The van der Waals surface area contributed by atoms with E-state index in [0.29, 0.717) is 29.5 Å². The van der Waals surface area contributed by atoms with Crippen LogP contribution >= 0.6 is 11.6 Å². The average Bonchev–Trinajstić information content (AvgIpc) is 3.75. The fourth-order valence-corrected chi connectivity index (χ4v) is 6.54. The molecule has 4 aromatic heterocycles. The Bertz CT molecular complexity index is 1940. The van der Waals surface area contributed by atoms with Gasteiger partial charge in [0.15, 0.2) is 11.5 Å². The molecule has 244 valence electrons. The minimum atomic E-state index is -4.74. The highest BCUT2D eigenvalue weighted by Crippen LogP contribution is 2.49. The number of pyridine rings is 2. The van der Waals surface area contributed by atoms with Gasteiger partial charge in [0.2, 0.25) is 5.82 Å². The molecule has 0 radical (unpaired) electrons. The SMILES string of the molecule is CC1(c2ccc(Cl)nc2)Oc2cccc(C3CCN(Cc4nc5cc(-c6noc(C(F)(F)F)n6)ncc5n4C[C@@H]4CCO4)CC3)c2O1. The van der Waals surface area contributed by atoms with Crippen LogP contribution in [-0.2, 0) is 29.8 Å². The van der Waals surface area contributed by atoms with Crippen molar-refractivity contribution >= 4 is 22.6 Å². The molecule has 47 heavy (non-hydrogen) atoms. The van der Waals surface area contributed by atoms with Crippen LogP contribution in [-0.4, -0.2) is 60.4 Å². The maximum absolute atomic E-state index is 13.0. The molecule has 0 spiro atoms. The van der Waals surface area contributed by atoms with E-state index in [1.807, 2.05) is 25.1 Å². The number of nitrogens with zero attached hydrogens (tertiary/aromatic N) is 7. The third kappa shape index (κ3) is 5.68. The number of hydrogen-bond donors (Lipinski definition) is 0. The molecule has 3 aliphatic heterocycles. The predicted molar refractivity (Wildman–Crippen MR) is 162 cm³/mol. The third-order valence-corrected chi connectivity index (χ3v) is 9.27. The number of para-hydroxylation sites is 1.